The van der Waals surface area contributed by atoms with E-state index in [0.717, 1.165) is 0 Å². The van der Waals surface area contributed by atoms with Crippen LogP contribution in [0.2, 0.25) is 0 Å². The molecule has 0 aliphatic carbocycles. The molecular formula is C30H24O9P2. The third kappa shape index (κ3) is 8.08. The second-order valence-corrected chi connectivity index (χ2v) is 11.2. The Kier molecular flexibility index (Phi) is 8.49. The summed E-state index contributed by atoms with van der Waals surface area (Å²) in [5.41, 5.74) is 0. The van der Waals surface area contributed by atoms with Gasteiger partial charge in [-0.2, -0.15) is 9.13 Å². The molecule has 5 aromatic rings. The van der Waals surface area contributed by atoms with Crippen LogP contribution in [0.25, 0.3) is 0 Å². The highest BCUT2D eigenvalue weighted by Crippen LogP contribution is 2.52. The van der Waals surface area contributed by atoms with Crippen LogP contribution in [0.4, 0.5) is 0 Å². The second-order valence-electron chi connectivity index (χ2n) is 8.35. The number of aromatic hydroxyl groups is 1. The van der Waals surface area contributed by atoms with E-state index in [-0.39, 0.29) is 40.2 Å². The van der Waals surface area contributed by atoms with Crippen molar-refractivity contribution in [3.63, 3.8) is 0 Å². The van der Waals surface area contributed by atoms with Gasteiger partial charge in [-0.1, -0.05) is 66.7 Å². The van der Waals surface area contributed by atoms with Crippen molar-refractivity contribution < 1.29 is 41.4 Å². The summed E-state index contributed by atoms with van der Waals surface area (Å²) in [6, 6.07) is 36.8. The van der Waals surface area contributed by atoms with E-state index >= 15 is 0 Å². The first-order valence-electron chi connectivity index (χ1n) is 12.3. The fourth-order valence-corrected chi connectivity index (χ4v) is 5.94. The molecule has 0 aliphatic heterocycles. The van der Waals surface area contributed by atoms with Crippen LogP contribution in [0, 0.1) is 0 Å². The molecule has 0 saturated heterocycles. The van der Waals surface area contributed by atoms with Crippen LogP contribution in [-0.4, -0.2) is 5.11 Å². The molecule has 5 aromatic carbocycles. The van der Waals surface area contributed by atoms with E-state index in [1.807, 2.05) is 0 Å². The Morgan fingerprint density at radius 3 is 1.02 bits per heavy atom. The highest BCUT2D eigenvalue weighted by molar-refractivity contribution is 7.50. The summed E-state index contributed by atoms with van der Waals surface area (Å²) in [5, 5.41) is 9.83. The molecule has 1 unspecified atom stereocenters. The Morgan fingerprint density at radius 2 is 0.659 bits per heavy atom. The predicted molar refractivity (Wildman–Crippen MR) is 153 cm³/mol. The fourth-order valence-electron chi connectivity index (χ4n) is 3.46. The summed E-state index contributed by atoms with van der Waals surface area (Å²) < 4.78 is 61.6. The number of phenolic OH excluding ortho intramolecular Hbond substituents is 1. The molecule has 0 spiro atoms. The lowest BCUT2D eigenvalue weighted by atomic mass is 10.3. The number of para-hydroxylation sites is 3. The van der Waals surface area contributed by atoms with Crippen LogP contribution in [0.15, 0.2) is 140 Å². The van der Waals surface area contributed by atoms with E-state index in [2.05, 4.69) is 0 Å². The van der Waals surface area contributed by atoms with Crippen LogP contribution < -0.4 is 27.1 Å². The normalized spacial score (nSPS) is 12.4. The Labute approximate surface area is 236 Å². The summed E-state index contributed by atoms with van der Waals surface area (Å²) in [6.45, 7) is 0. The summed E-state index contributed by atoms with van der Waals surface area (Å²) in [4.78, 5) is 0. The van der Waals surface area contributed by atoms with Crippen molar-refractivity contribution in [1.29, 1.82) is 0 Å². The van der Waals surface area contributed by atoms with Crippen LogP contribution >= 0.6 is 15.6 Å². The van der Waals surface area contributed by atoms with E-state index < -0.39 is 15.6 Å². The third-order valence-electron chi connectivity index (χ3n) is 5.16. The molecule has 0 saturated carbocycles. The monoisotopic (exact) mass is 590 g/mol. The average Bonchev–Trinajstić information content (AvgIpc) is 2.94. The van der Waals surface area contributed by atoms with Gasteiger partial charge in [-0.3, -0.25) is 0 Å². The average molecular weight is 590 g/mol. The Balaban J connectivity index is 1.41. The number of rotatable bonds is 12. The van der Waals surface area contributed by atoms with Gasteiger partial charge in [0.1, 0.15) is 40.2 Å². The molecule has 208 valence electrons. The SMILES string of the molecule is O=P(Oc1ccccc1)(Oc1ccccc1)Oc1cccc(OP(=O)(Oc2ccccc2)Oc2cccc(O)c2)c1. The number of benzene rings is 5. The standard InChI is InChI=1S/C30H24O9P2/c31-24-12-10-19-28(22-24)37-41(33,36-27-17-8-3-9-18-27)39-30-21-11-20-29(23-30)38-40(32,34-25-13-4-1-5-14-25)35-26-15-6-2-7-16-26/h1-23,31H. The van der Waals surface area contributed by atoms with Gasteiger partial charge >= 0.3 is 15.6 Å². The fraction of sp³-hybridized carbons (Fsp3) is 0. The van der Waals surface area contributed by atoms with Gasteiger partial charge in [0.05, 0.1) is 0 Å². The van der Waals surface area contributed by atoms with Gasteiger partial charge in [-0.15, -0.1) is 0 Å². The summed E-state index contributed by atoms with van der Waals surface area (Å²) in [6.07, 6.45) is 0. The van der Waals surface area contributed by atoms with E-state index in [4.69, 9.17) is 27.1 Å². The Morgan fingerprint density at radius 1 is 0.366 bits per heavy atom. The van der Waals surface area contributed by atoms with Crippen LogP contribution in [-0.2, 0) is 9.13 Å². The molecule has 1 N–H and O–H groups in total. The molecular weight excluding hydrogens is 566 g/mol. The van der Waals surface area contributed by atoms with Gasteiger partial charge in [0, 0.05) is 12.1 Å². The number of hydrogen-bond donors (Lipinski definition) is 1. The first-order chi connectivity index (χ1) is 19.9. The quantitative estimate of drug-likeness (QED) is 0.143. The molecule has 0 aromatic heterocycles. The molecule has 5 rings (SSSR count). The van der Waals surface area contributed by atoms with E-state index in [1.54, 1.807) is 91.0 Å². The maximum atomic E-state index is 13.8. The zero-order chi connectivity index (χ0) is 28.5. The number of hydrogen-bond acceptors (Lipinski definition) is 9. The topological polar surface area (TPSA) is 110 Å². The van der Waals surface area contributed by atoms with E-state index in [1.165, 1.54) is 48.5 Å². The molecule has 0 radical (unpaired) electrons. The van der Waals surface area contributed by atoms with E-state index in [0.29, 0.717) is 0 Å². The minimum atomic E-state index is -4.38. The smallest absolute Gasteiger partial charge is 0.508 e. The second kappa shape index (κ2) is 12.6. The Bertz CT molecular complexity index is 1620. The summed E-state index contributed by atoms with van der Waals surface area (Å²) in [7, 11) is -8.67. The van der Waals surface area contributed by atoms with Crippen LogP contribution in [0.3, 0.4) is 0 Å². The first kappa shape index (κ1) is 27.7. The lowest BCUT2D eigenvalue weighted by Crippen LogP contribution is -2.09. The zero-order valence-electron chi connectivity index (χ0n) is 21.4. The minimum absolute atomic E-state index is 0.00731. The van der Waals surface area contributed by atoms with Gasteiger partial charge in [0.15, 0.2) is 0 Å². The molecule has 0 aliphatic rings. The van der Waals surface area contributed by atoms with Gasteiger partial charge in [0.2, 0.25) is 0 Å². The van der Waals surface area contributed by atoms with Crippen molar-refractivity contribution in [2.24, 2.45) is 0 Å². The molecule has 11 heteroatoms. The predicted octanol–water partition coefficient (Wildman–Crippen LogP) is 8.68. The molecule has 0 amide bonds. The third-order valence-corrected chi connectivity index (χ3v) is 7.76. The van der Waals surface area contributed by atoms with Gasteiger partial charge in [-0.05, 0) is 60.7 Å². The highest BCUT2D eigenvalue weighted by Gasteiger charge is 2.35. The van der Waals surface area contributed by atoms with Crippen LogP contribution in [0.5, 0.6) is 40.2 Å². The Hall–Kier alpha value is -4.84. The van der Waals surface area contributed by atoms with Crippen molar-refractivity contribution in [2.45, 2.75) is 0 Å². The number of phosphoric ester groups is 2. The van der Waals surface area contributed by atoms with Gasteiger partial charge in [0.25, 0.3) is 0 Å². The summed E-state index contributed by atoms with van der Waals surface area (Å²) >= 11 is 0. The largest absolute Gasteiger partial charge is 0.647 e. The first-order valence-corrected chi connectivity index (χ1v) is 15.2. The zero-order valence-corrected chi connectivity index (χ0v) is 23.2. The molecule has 1 atom stereocenters. The molecule has 0 heterocycles. The minimum Gasteiger partial charge on any atom is -0.508 e. The van der Waals surface area contributed by atoms with Gasteiger partial charge < -0.3 is 32.2 Å². The van der Waals surface area contributed by atoms with Crippen molar-refractivity contribution >= 4 is 15.6 Å². The lowest BCUT2D eigenvalue weighted by molar-refractivity contribution is 0.295. The number of phosphoric acid groups is 2. The van der Waals surface area contributed by atoms with Gasteiger partial charge in [-0.25, -0.2) is 0 Å². The van der Waals surface area contributed by atoms with Crippen LogP contribution in [0.1, 0.15) is 0 Å². The molecule has 0 bridgehead atoms. The van der Waals surface area contributed by atoms with Crippen molar-refractivity contribution in [2.75, 3.05) is 0 Å². The van der Waals surface area contributed by atoms with Crippen molar-refractivity contribution in [3.8, 4) is 40.2 Å². The molecule has 41 heavy (non-hydrogen) atoms. The lowest BCUT2D eigenvalue weighted by Gasteiger charge is -2.21. The number of phenols is 1. The van der Waals surface area contributed by atoms with Crippen molar-refractivity contribution in [3.05, 3.63) is 140 Å². The highest BCUT2D eigenvalue weighted by atomic mass is 31.2. The summed E-state index contributed by atoms with van der Waals surface area (Å²) in [5.74, 6) is 0.735. The maximum Gasteiger partial charge on any atom is 0.647 e. The maximum absolute atomic E-state index is 13.8. The van der Waals surface area contributed by atoms with Crippen molar-refractivity contribution in [1.82, 2.24) is 0 Å². The molecule has 9 nitrogen and oxygen atoms in total. The molecule has 0 fully saturated rings. The van der Waals surface area contributed by atoms with E-state index in [9.17, 15) is 14.2 Å².